The lowest BCUT2D eigenvalue weighted by atomic mass is 10.0. The van der Waals surface area contributed by atoms with Gasteiger partial charge < -0.3 is 19.8 Å². The highest BCUT2D eigenvalue weighted by atomic mass is 31.2. The lowest BCUT2D eigenvalue weighted by Crippen LogP contribution is -2.45. The van der Waals surface area contributed by atoms with E-state index in [0.29, 0.717) is 17.4 Å². The predicted molar refractivity (Wildman–Crippen MR) is 323 cm³/mol. The van der Waals surface area contributed by atoms with Crippen molar-refractivity contribution in [2.45, 2.75) is 309 Å². The number of nitrogens with one attached hydrogen (secondary N) is 1. The van der Waals surface area contributed by atoms with Gasteiger partial charge in [-0.1, -0.05) is 280 Å². The molecule has 8 nitrogen and oxygen atoms in total. The first-order valence-electron chi connectivity index (χ1n) is 31.7. The van der Waals surface area contributed by atoms with Gasteiger partial charge in [0.25, 0.3) is 0 Å². The van der Waals surface area contributed by atoms with Gasteiger partial charge in [0.05, 0.1) is 39.9 Å². The zero-order valence-electron chi connectivity index (χ0n) is 49.6. The maximum absolute atomic E-state index is 13.0. The third-order valence-corrected chi connectivity index (χ3v) is 15.2. The highest BCUT2D eigenvalue weighted by Crippen LogP contribution is 2.43. The Morgan fingerprint density at radius 1 is 0.459 bits per heavy atom. The average molecular weight is 1060 g/mol. The Bertz CT molecular complexity index is 1390. The largest absolute Gasteiger partial charge is 0.472 e. The number of likely N-dealkylation sites (N-methyl/N-ethyl adjacent to an activating group) is 1. The molecular formula is C65H124N2O6P+. The number of phosphoric ester groups is 1. The van der Waals surface area contributed by atoms with E-state index in [4.69, 9.17) is 9.05 Å². The molecule has 0 fully saturated rings. The molecule has 3 N–H and O–H groups in total. The fourth-order valence-corrected chi connectivity index (χ4v) is 9.98. The summed E-state index contributed by atoms with van der Waals surface area (Å²) < 4.78 is 23.7. The second kappa shape index (κ2) is 55.9. The number of quaternary nitrogens is 1. The molecule has 0 saturated carbocycles. The van der Waals surface area contributed by atoms with Crippen molar-refractivity contribution in [2.24, 2.45) is 0 Å². The summed E-state index contributed by atoms with van der Waals surface area (Å²) in [6.45, 7) is 4.80. The molecule has 0 aromatic carbocycles. The second-order valence-corrected chi connectivity index (χ2v) is 24.2. The van der Waals surface area contributed by atoms with Gasteiger partial charge in [0.15, 0.2) is 0 Å². The van der Waals surface area contributed by atoms with Gasteiger partial charge in [-0.25, -0.2) is 4.57 Å². The molecule has 0 saturated heterocycles. The van der Waals surface area contributed by atoms with E-state index in [2.05, 4.69) is 67.8 Å². The van der Waals surface area contributed by atoms with E-state index >= 15 is 0 Å². The standard InChI is InChI=1S/C65H123N2O6P/c1-6-8-10-12-14-16-18-20-22-24-26-28-29-30-31-32-33-34-35-36-37-39-40-42-44-46-48-50-52-54-56-58-64(68)63(62-73-74(70,71)72-61-60-67(3,4)5)66-65(69)59-57-55-53-51-49-47-45-43-41-38-27-25-23-21-19-17-15-13-11-9-7-2/h19,21,25,27,41,43,48,50,56,58,63-64,68H,6-18,20,22-24,26,28-40,42,44-47,49,51-55,57,59-62H2,1-5H3,(H-,66,69,70,71)/p+1/b21-19-,27-25-,43-41-,50-48+,58-56+. The highest BCUT2D eigenvalue weighted by molar-refractivity contribution is 7.47. The number of rotatable bonds is 58. The molecule has 0 rings (SSSR count). The molecule has 9 heteroatoms. The number of phosphoric acid groups is 1. The number of carbonyl (C=O) groups excluding carboxylic acids is 1. The SMILES string of the molecule is CCCCCCC/C=C\C/C=C\C/C=C\CCCCCCCCC(=O)NC(COP(=O)(O)OCC[N+](C)(C)C)C(O)/C=C/CC/C=C/CCCCCCCCCCCCCCCCCCCCCCCCCCC. The van der Waals surface area contributed by atoms with Crippen molar-refractivity contribution in [3.05, 3.63) is 60.8 Å². The van der Waals surface area contributed by atoms with Crippen LogP contribution in [0, 0.1) is 0 Å². The predicted octanol–water partition coefficient (Wildman–Crippen LogP) is 19.7. The lowest BCUT2D eigenvalue weighted by molar-refractivity contribution is -0.870. The zero-order valence-corrected chi connectivity index (χ0v) is 50.5. The summed E-state index contributed by atoms with van der Waals surface area (Å²) in [5, 5.41) is 13.9. The molecule has 1 amide bonds. The summed E-state index contributed by atoms with van der Waals surface area (Å²) >= 11 is 0. The molecule has 74 heavy (non-hydrogen) atoms. The fourth-order valence-electron chi connectivity index (χ4n) is 9.24. The van der Waals surface area contributed by atoms with E-state index < -0.39 is 20.0 Å². The number of aliphatic hydroxyl groups is 1. The average Bonchev–Trinajstić information content (AvgIpc) is 3.36. The van der Waals surface area contributed by atoms with E-state index in [-0.39, 0.29) is 19.1 Å². The Balaban J connectivity index is 4.18. The van der Waals surface area contributed by atoms with Crippen molar-refractivity contribution in [1.82, 2.24) is 5.32 Å². The third-order valence-electron chi connectivity index (χ3n) is 14.2. The van der Waals surface area contributed by atoms with Gasteiger partial charge in [-0.15, -0.1) is 0 Å². The first-order chi connectivity index (χ1) is 36.0. The first kappa shape index (κ1) is 72.2. The summed E-state index contributed by atoms with van der Waals surface area (Å²) in [7, 11) is 1.55. The fraction of sp³-hybridized carbons (Fsp3) is 0.831. The van der Waals surface area contributed by atoms with Gasteiger partial charge in [-0.2, -0.15) is 0 Å². The topological polar surface area (TPSA) is 105 Å². The van der Waals surface area contributed by atoms with Crippen molar-refractivity contribution >= 4 is 13.7 Å². The third kappa shape index (κ3) is 57.9. The van der Waals surface area contributed by atoms with E-state index in [1.54, 1.807) is 6.08 Å². The number of carbonyl (C=O) groups is 1. The molecule has 3 atom stereocenters. The summed E-state index contributed by atoms with van der Waals surface area (Å²) in [6, 6.07) is -0.874. The van der Waals surface area contributed by atoms with Crippen LogP contribution in [-0.2, 0) is 18.4 Å². The van der Waals surface area contributed by atoms with Crippen LogP contribution >= 0.6 is 7.82 Å². The normalized spacial score (nSPS) is 14.2. The Kier molecular flexibility index (Phi) is 54.6. The Labute approximate surface area is 460 Å². The van der Waals surface area contributed by atoms with Gasteiger partial charge >= 0.3 is 7.82 Å². The second-order valence-electron chi connectivity index (χ2n) is 22.8. The van der Waals surface area contributed by atoms with Crippen LogP contribution < -0.4 is 5.32 Å². The molecule has 0 spiro atoms. The van der Waals surface area contributed by atoms with Crippen molar-refractivity contribution in [3.8, 4) is 0 Å². The highest BCUT2D eigenvalue weighted by Gasteiger charge is 2.27. The summed E-state index contributed by atoms with van der Waals surface area (Å²) in [6.07, 6.45) is 76.4. The number of amides is 1. The van der Waals surface area contributed by atoms with Crippen LogP contribution in [0.1, 0.15) is 296 Å². The van der Waals surface area contributed by atoms with Crippen molar-refractivity contribution in [1.29, 1.82) is 0 Å². The maximum atomic E-state index is 13.0. The van der Waals surface area contributed by atoms with Crippen LogP contribution in [-0.4, -0.2) is 73.4 Å². The van der Waals surface area contributed by atoms with E-state index in [0.717, 1.165) is 64.2 Å². The molecule has 0 aliphatic rings. The monoisotopic (exact) mass is 1060 g/mol. The van der Waals surface area contributed by atoms with E-state index in [1.165, 1.54) is 212 Å². The smallest absolute Gasteiger partial charge is 0.387 e. The molecule has 0 aromatic rings. The van der Waals surface area contributed by atoms with Gasteiger partial charge in [0.2, 0.25) is 5.91 Å². The number of unbranched alkanes of at least 4 members (excludes halogenated alkanes) is 37. The van der Waals surface area contributed by atoms with Crippen molar-refractivity contribution < 1.29 is 32.9 Å². The minimum atomic E-state index is -4.36. The minimum absolute atomic E-state index is 0.0515. The van der Waals surface area contributed by atoms with Crippen LogP contribution in [0.2, 0.25) is 0 Å². The van der Waals surface area contributed by atoms with E-state index in [1.807, 2.05) is 27.2 Å². The summed E-state index contributed by atoms with van der Waals surface area (Å²) in [4.78, 5) is 23.3. The first-order valence-corrected chi connectivity index (χ1v) is 33.2. The minimum Gasteiger partial charge on any atom is -0.387 e. The molecule has 0 aliphatic heterocycles. The molecule has 0 bridgehead atoms. The van der Waals surface area contributed by atoms with Crippen LogP contribution in [0.4, 0.5) is 0 Å². The number of aliphatic hydroxyl groups excluding tert-OH is 1. The van der Waals surface area contributed by atoms with Crippen LogP contribution in [0.15, 0.2) is 60.8 Å². The van der Waals surface area contributed by atoms with Crippen molar-refractivity contribution in [2.75, 3.05) is 40.9 Å². The van der Waals surface area contributed by atoms with E-state index in [9.17, 15) is 19.4 Å². The van der Waals surface area contributed by atoms with Gasteiger partial charge in [-0.05, 0) is 70.6 Å². The van der Waals surface area contributed by atoms with Gasteiger partial charge in [-0.3, -0.25) is 13.8 Å². The van der Waals surface area contributed by atoms with Gasteiger partial charge in [0, 0.05) is 6.42 Å². The molecule has 0 aliphatic carbocycles. The van der Waals surface area contributed by atoms with Crippen LogP contribution in [0.3, 0.4) is 0 Å². The Hall–Kier alpha value is -1.80. The Morgan fingerprint density at radius 2 is 0.784 bits per heavy atom. The lowest BCUT2D eigenvalue weighted by Gasteiger charge is -2.25. The van der Waals surface area contributed by atoms with Crippen molar-refractivity contribution in [3.63, 3.8) is 0 Å². The quantitative estimate of drug-likeness (QED) is 0.0243. The number of allylic oxidation sites excluding steroid dienone is 9. The molecule has 434 valence electrons. The molecule has 0 radical (unpaired) electrons. The zero-order chi connectivity index (χ0) is 54.2. The molecule has 3 unspecified atom stereocenters. The summed E-state index contributed by atoms with van der Waals surface area (Å²) in [5.74, 6) is -0.198. The molecule has 0 heterocycles. The van der Waals surface area contributed by atoms with Gasteiger partial charge in [0.1, 0.15) is 13.2 Å². The summed E-state index contributed by atoms with van der Waals surface area (Å²) in [5.41, 5.74) is 0. The maximum Gasteiger partial charge on any atom is 0.472 e. The molecule has 0 aromatic heterocycles. The number of hydrogen-bond donors (Lipinski definition) is 3. The molecular weight excluding hydrogens is 936 g/mol. The van der Waals surface area contributed by atoms with Crippen LogP contribution in [0.25, 0.3) is 0 Å². The Morgan fingerprint density at radius 3 is 1.18 bits per heavy atom. The number of nitrogens with zero attached hydrogens (tertiary/aromatic N) is 1. The number of hydrogen-bond acceptors (Lipinski definition) is 5. The van der Waals surface area contributed by atoms with Crippen LogP contribution in [0.5, 0.6) is 0 Å².